The number of hydrogen-bond donors (Lipinski definition) is 1. The fourth-order valence-corrected chi connectivity index (χ4v) is 3.66. The van der Waals surface area contributed by atoms with Crippen molar-refractivity contribution in [2.24, 2.45) is 17.6 Å². The summed E-state index contributed by atoms with van der Waals surface area (Å²) >= 11 is 0. The van der Waals surface area contributed by atoms with Gasteiger partial charge in [-0.1, -0.05) is 45.0 Å². The van der Waals surface area contributed by atoms with Crippen molar-refractivity contribution in [3.05, 3.63) is 35.4 Å². The quantitative estimate of drug-likeness (QED) is 0.865. The third-order valence-electron chi connectivity index (χ3n) is 4.89. The van der Waals surface area contributed by atoms with Crippen LogP contribution in [0.1, 0.15) is 50.7 Å². The Morgan fingerprint density at radius 2 is 1.76 bits per heavy atom. The molecule has 21 heavy (non-hydrogen) atoms. The van der Waals surface area contributed by atoms with Crippen LogP contribution in [-0.4, -0.2) is 31.1 Å². The van der Waals surface area contributed by atoms with E-state index in [1.807, 2.05) is 0 Å². The van der Waals surface area contributed by atoms with Gasteiger partial charge in [0.15, 0.2) is 0 Å². The lowest BCUT2D eigenvalue weighted by atomic mass is 9.79. The van der Waals surface area contributed by atoms with Gasteiger partial charge in [0.05, 0.1) is 0 Å². The summed E-state index contributed by atoms with van der Waals surface area (Å²) < 4.78 is 0. The first-order valence-electron chi connectivity index (χ1n) is 8.65. The van der Waals surface area contributed by atoms with E-state index in [1.54, 1.807) is 0 Å². The molecular formula is C19H32N2. The van der Waals surface area contributed by atoms with Gasteiger partial charge in [-0.3, -0.25) is 0 Å². The number of nitrogens with zero attached hydrogens (tertiary/aromatic N) is 1. The minimum atomic E-state index is 0.539. The van der Waals surface area contributed by atoms with Crippen molar-refractivity contribution in [3.8, 4) is 0 Å². The highest BCUT2D eigenvalue weighted by Crippen LogP contribution is 2.32. The molecule has 2 nitrogen and oxygen atoms in total. The standard InChI is InChI=1S/C19H32N2/c1-4-16-5-7-17(8-6-16)19(13-20)18-9-11-21(12-10-18)14-15(2)3/h5-8,15,18-19H,4,9-14,20H2,1-3H3. The minimum Gasteiger partial charge on any atom is -0.330 e. The largest absolute Gasteiger partial charge is 0.330 e. The fourth-order valence-electron chi connectivity index (χ4n) is 3.66. The van der Waals surface area contributed by atoms with Crippen molar-refractivity contribution < 1.29 is 0 Å². The lowest BCUT2D eigenvalue weighted by Gasteiger charge is -2.36. The molecule has 0 bridgehead atoms. The Morgan fingerprint density at radius 1 is 1.14 bits per heavy atom. The van der Waals surface area contributed by atoms with Gasteiger partial charge in [0.2, 0.25) is 0 Å². The van der Waals surface area contributed by atoms with Crippen LogP contribution in [0.15, 0.2) is 24.3 Å². The summed E-state index contributed by atoms with van der Waals surface area (Å²) in [7, 11) is 0. The van der Waals surface area contributed by atoms with Crippen molar-refractivity contribution in [1.29, 1.82) is 0 Å². The number of aryl methyl sites for hydroxylation is 1. The number of benzene rings is 1. The monoisotopic (exact) mass is 288 g/mol. The summed E-state index contributed by atoms with van der Waals surface area (Å²) in [6.07, 6.45) is 3.70. The maximum atomic E-state index is 6.11. The minimum absolute atomic E-state index is 0.539. The van der Waals surface area contributed by atoms with E-state index >= 15 is 0 Å². The van der Waals surface area contributed by atoms with Crippen LogP contribution in [0, 0.1) is 11.8 Å². The molecule has 1 aromatic carbocycles. The van der Waals surface area contributed by atoms with Gasteiger partial charge in [0.1, 0.15) is 0 Å². The molecule has 1 atom stereocenters. The van der Waals surface area contributed by atoms with Crippen LogP contribution < -0.4 is 5.73 Å². The van der Waals surface area contributed by atoms with Crippen LogP contribution >= 0.6 is 0 Å². The van der Waals surface area contributed by atoms with Gasteiger partial charge in [0, 0.05) is 6.54 Å². The number of rotatable bonds is 6. The summed E-state index contributed by atoms with van der Waals surface area (Å²) in [6.45, 7) is 11.3. The molecule has 0 saturated carbocycles. The molecule has 0 aromatic heterocycles. The smallest absolute Gasteiger partial charge is 0.000439 e. The van der Waals surface area contributed by atoms with Gasteiger partial charge in [-0.15, -0.1) is 0 Å². The van der Waals surface area contributed by atoms with Gasteiger partial charge < -0.3 is 10.6 Å². The maximum Gasteiger partial charge on any atom is 0.000439 e. The molecule has 1 unspecified atom stereocenters. The Kier molecular flexibility index (Phi) is 6.25. The average Bonchev–Trinajstić information content (AvgIpc) is 2.50. The third kappa shape index (κ3) is 4.55. The molecule has 0 spiro atoms. The number of hydrogen-bond acceptors (Lipinski definition) is 2. The molecule has 1 aliphatic heterocycles. The highest BCUT2D eigenvalue weighted by atomic mass is 15.1. The summed E-state index contributed by atoms with van der Waals surface area (Å²) in [5, 5.41) is 0. The van der Waals surface area contributed by atoms with Crippen molar-refractivity contribution >= 4 is 0 Å². The van der Waals surface area contributed by atoms with Crippen molar-refractivity contribution in [1.82, 2.24) is 4.90 Å². The van der Waals surface area contributed by atoms with E-state index in [0.29, 0.717) is 5.92 Å². The van der Waals surface area contributed by atoms with Crippen LogP contribution in [0.4, 0.5) is 0 Å². The highest BCUT2D eigenvalue weighted by molar-refractivity contribution is 5.26. The molecule has 2 rings (SSSR count). The van der Waals surface area contributed by atoms with E-state index in [4.69, 9.17) is 5.73 Å². The summed E-state index contributed by atoms with van der Waals surface area (Å²) in [5.74, 6) is 2.07. The first-order chi connectivity index (χ1) is 10.1. The van der Waals surface area contributed by atoms with Crippen LogP contribution in [0.3, 0.4) is 0 Å². The Morgan fingerprint density at radius 3 is 2.24 bits per heavy atom. The van der Waals surface area contributed by atoms with Crippen LogP contribution in [0.25, 0.3) is 0 Å². The zero-order valence-electron chi connectivity index (χ0n) is 14.0. The van der Waals surface area contributed by atoms with Gasteiger partial charge >= 0.3 is 0 Å². The zero-order valence-corrected chi connectivity index (χ0v) is 14.0. The molecule has 118 valence electrons. The van der Waals surface area contributed by atoms with Crippen LogP contribution in [-0.2, 0) is 6.42 Å². The van der Waals surface area contributed by atoms with E-state index in [-0.39, 0.29) is 0 Å². The molecule has 0 radical (unpaired) electrons. The van der Waals surface area contributed by atoms with Gasteiger partial charge in [-0.05, 0) is 67.8 Å². The van der Waals surface area contributed by atoms with Crippen molar-refractivity contribution in [2.45, 2.75) is 46.0 Å². The molecule has 1 heterocycles. The lowest BCUT2D eigenvalue weighted by Crippen LogP contribution is -2.38. The lowest BCUT2D eigenvalue weighted by molar-refractivity contribution is 0.155. The normalized spacial score (nSPS) is 19.1. The molecule has 1 fully saturated rings. The highest BCUT2D eigenvalue weighted by Gasteiger charge is 2.26. The maximum absolute atomic E-state index is 6.11. The summed E-state index contributed by atoms with van der Waals surface area (Å²) in [4.78, 5) is 2.62. The average molecular weight is 288 g/mol. The van der Waals surface area contributed by atoms with Crippen molar-refractivity contribution in [3.63, 3.8) is 0 Å². The summed E-state index contributed by atoms with van der Waals surface area (Å²) in [5.41, 5.74) is 8.97. The number of piperidine rings is 1. The first kappa shape index (κ1) is 16.5. The Labute approximate surface area is 130 Å². The molecule has 0 aliphatic carbocycles. The third-order valence-corrected chi connectivity index (χ3v) is 4.89. The Hall–Kier alpha value is -0.860. The second kappa shape index (κ2) is 7.95. The number of nitrogens with two attached hydrogens (primary N) is 1. The van der Waals surface area contributed by atoms with E-state index in [1.165, 1.54) is 43.6 Å². The van der Waals surface area contributed by atoms with Crippen LogP contribution in [0.2, 0.25) is 0 Å². The predicted molar refractivity (Wildman–Crippen MR) is 91.6 cm³/mol. The fraction of sp³-hybridized carbons (Fsp3) is 0.684. The summed E-state index contributed by atoms with van der Waals surface area (Å²) in [6, 6.07) is 9.14. The first-order valence-corrected chi connectivity index (χ1v) is 8.65. The van der Waals surface area contributed by atoms with E-state index in [0.717, 1.165) is 24.8 Å². The van der Waals surface area contributed by atoms with Gasteiger partial charge in [0.25, 0.3) is 0 Å². The molecule has 2 heteroatoms. The second-order valence-corrected chi connectivity index (χ2v) is 6.97. The predicted octanol–water partition coefficient (Wildman–Crippen LogP) is 3.66. The van der Waals surface area contributed by atoms with E-state index < -0.39 is 0 Å². The number of likely N-dealkylation sites (tertiary alicyclic amines) is 1. The van der Waals surface area contributed by atoms with Crippen LogP contribution in [0.5, 0.6) is 0 Å². The van der Waals surface area contributed by atoms with E-state index in [2.05, 4.69) is 49.9 Å². The molecule has 0 amide bonds. The molecule has 2 N–H and O–H groups in total. The molecule has 1 aromatic rings. The molecular weight excluding hydrogens is 256 g/mol. The van der Waals surface area contributed by atoms with Crippen molar-refractivity contribution in [2.75, 3.05) is 26.2 Å². The van der Waals surface area contributed by atoms with Gasteiger partial charge in [-0.25, -0.2) is 0 Å². The Bertz CT molecular complexity index is 402. The SMILES string of the molecule is CCc1ccc(C(CN)C2CCN(CC(C)C)CC2)cc1. The topological polar surface area (TPSA) is 29.3 Å². The van der Waals surface area contributed by atoms with Gasteiger partial charge in [-0.2, -0.15) is 0 Å². The molecule has 1 saturated heterocycles. The molecule has 1 aliphatic rings. The second-order valence-electron chi connectivity index (χ2n) is 6.97. The van der Waals surface area contributed by atoms with E-state index in [9.17, 15) is 0 Å². The Balaban J connectivity index is 1.95. The zero-order chi connectivity index (χ0) is 15.2.